The molecule has 8 heavy (non-hydrogen) atoms. The molecule has 0 bridgehead atoms. The van der Waals surface area contributed by atoms with Crippen molar-refractivity contribution < 1.29 is 142 Å². The summed E-state index contributed by atoms with van der Waals surface area (Å²) in [5, 5.41) is 0. The molecule has 0 heterocycles. The van der Waals surface area contributed by atoms with E-state index >= 15 is 0 Å². The third kappa shape index (κ3) is 49.8. The maximum atomic E-state index is 7.33. The largest absolute Gasteiger partial charge is 0.668 e. The van der Waals surface area contributed by atoms with Gasteiger partial charge in [0, 0.05) is 122 Å². The van der Waals surface area contributed by atoms with Crippen LogP contribution in [0.4, 0.5) is 0 Å². The molecule has 0 unspecified atom stereocenters. The van der Waals surface area contributed by atoms with E-state index in [9.17, 15) is 0 Å². The third-order valence-electron chi connectivity index (χ3n) is 0. The Morgan fingerprint density at radius 2 is 0.875 bits per heavy atom. The Morgan fingerprint density at radius 3 is 0.875 bits per heavy atom. The number of hydrogen-bond acceptors (Lipinski definition) is 4. The van der Waals surface area contributed by atoms with Crippen molar-refractivity contribution >= 4 is 9.05 Å². The summed E-state index contributed by atoms with van der Waals surface area (Å²) in [7, 11) is -4.61. The van der Waals surface area contributed by atoms with Crippen LogP contribution in [0.3, 0.4) is 0 Å². The van der Waals surface area contributed by atoms with Crippen molar-refractivity contribution in [2.24, 2.45) is 0 Å². The predicted octanol–water partition coefficient (Wildman–Crippen LogP) is -2.61. The summed E-state index contributed by atoms with van der Waals surface area (Å²) in [6.45, 7) is 0. The van der Waals surface area contributed by atoms with Gasteiger partial charge in [-0.1, -0.05) is 0 Å². The summed E-state index contributed by atoms with van der Waals surface area (Å²) >= 11 is 0. The van der Waals surface area contributed by atoms with Crippen LogP contribution in [0.5, 0.6) is 0 Å². The normalized spacial score (nSPS) is 7.50. The van der Waals surface area contributed by atoms with Crippen LogP contribution in [0.15, 0.2) is 0 Å². The van der Waals surface area contributed by atoms with Crippen LogP contribution in [-0.4, -0.2) is 28.2 Å². The van der Waals surface area contributed by atoms with Gasteiger partial charge in [-0.3, -0.25) is 0 Å². The van der Waals surface area contributed by atoms with E-state index in [1.165, 1.54) is 0 Å². The summed E-state index contributed by atoms with van der Waals surface area (Å²) in [6.07, 6.45) is 0. The molecule has 0 atom stereocenters. The molecule has 4 nitrogen and oxygen atoms in total. The van der Waals surface area contributed by atoms with Gasteiger partial charge in [-0.2, -0.15) is 0 Å². The minimum atomic E-state index is -4.61. The molecular weight excluding hydrogens is 561 g/mol. The Labute approximate surface area is 146 Å². The molecule has 0 spiro atoms. The molecule has 0 aromatic heterocycles. The number of rotatable bonds is 0. The third-order valence-corrected chi connectivity index (χ3v) is 0. The van der Waals surface area contributed by atoms with Gasteiger partial charge in [0.25, 0.3) is 0 Å². The van der Waals surface area contributed by atoms with Crippen molar-refractivity contribution in [2.45, 2.75) is 0 Å². The summed E-state index contributed by atoms with van der Waals surface area (Å²) in [4.78, 5) is 29.3. The van der Waals surface area contributed by atoms with Gasteiger partial charge in [0.2, 0.25) is 0 Å². The zero-order chi connectivity index (χ0) is 4.50. The van der Waals surface area contributed by atoms with Crippen molar-refractivity contribution in [1.29, 1.82) is 0 Å². The van der Waals surface area contributed by atoms with Crippen LogP contribution < -0.4 is 0 Å². The maximum absolute atomic E-state index is 7.33. The molecule has 0 saturated heterocycles. The zero-order valence-electron chi connectivity index (χ0n) is 3.49. The van der Waals surface area contributed by atoms with E-state index in [1.807, 2.05) is 0 Å². The fourth-order valence-electron chi connectivity index (χ4n) is 0. The van der Waals surface area contributed by atoms with E-state index < -0.39 is 9.05 Å². The molecule has 0 saturated carbocycles. The minimum absolute atomic E-state index is 0. The Hall–Kier alpha value is 4.10. The molecule has 4 N–H and O–H groups in total. The van der Waals surface area contributed by atoms with E-state index in [1.54, 1.807) is 0 Å². The van der Waals surface area contributed by atoms with Gasteiger partial charge in [-0.25, -0.2) is 0 Å². The second kappa shape index (κ2) is 11.1. The van der Waals surface area contributed by atoms with Crippen LogP contribution in [0.2, 0.25) is 0 Å². The van der Waals surface area contributed by atoms with Crippen molar-refractivity contribution in [2.75, 3.05) is 0 Å². The molecule has 57 valence electrons. The molecule has 0 fully saturated rings. The van der Waals surface area contributed by atoms with Gasteiger partial charge in [0.15, 0.2) is 0 Å². The smallest absolute Gasteiger partial charge is 0.368 e. The summed E-state index contributed by atoms with van der Waals surface area (Å²) < 4.78 is 0. The monoisotopic (exact) mass is 567 g/mol. The first-order chi connectivity index (χ1) is 2.00. The zero-order valence-corrected chi connectivity index (χ0v) is 12.1. The first-order valence-corrected chi connectivity index (χ1v) is 2.68. The molecule has 0 aliphatic rings. The fourth-order valence-corrected chi connectivity index (χ4v) is 0. The van der Waals surface area contributed by atoms with Crippen LogP contribution in [0.1, 0.15) is 0 Å². The SMILES string of the molecule is O[Si](O)(O)O.[Gd].[La].[Yb]. The average molecular weight is 565 g/mol. The molecule has 0 aliphatic carbocycles. The molecule has 0 aromatic rings. The van der Waals surface area contributed by atoms with Crippen LogP contribution >= 0.6 is 0 Å². The molecule has 1 radical (unpaired) electrons. The predicted molar refractivity (Wildman–Crippen MR) is 14.6 cm³/mol. The first kappa shape index (κ1) is 22.7. The quantitative estimate of drug-likeness (QED) is 0.243. The Balaban J connectivity index is -0.0000000267. The van der Waals surface area contributed by atoms with Gasteiger partial charge in [0.05, 0.1) is 0 Å². The van der Waals surface area contributed by atoms with E-state index in [2.05, 4.69) is 0 Å². The Morgan fingerprint density at radius 1 is 0.875 bits per heavy atom. The second-order valence-electron chi connectivity index (χ2n) is 0.600. The van der Waals surface area contributed by atoms with E-state index in [0.717, 1.165) is 0 Å². The van der Waals surface area contributed by atoms with E-state index in [-0.39, 0.29) is 122 Å². The minimum Gasteiger partial charge on any atom is -0.368 e. The van der Waals surface area contributed by atoms with E-state index in [4.69, 9.17) is 19.2 Å². The summed E-state index contributed by atoms with van der Waals surface area (Å²) in [5.74, 6) is 0. The van der Waals surface area contributed by atoms with Crippen molar-refractivity contribution in [3.63, 3.8) is 0 Å². The summed E-state index contributed by atoms with van der Waals surface area (Å²) in [5.41, 5.74) is 0. The molecule has 0 aliphatic heterocycles. The van der Waals surface area contributed by atoms with Gasteiger partial charge in [0.1, 0.15) is 0 Å². The average Bonchev–Trinajstić information content (AvgIpc) is 0.722. The van der Waals surface area contributed by atoms with Gasteiger partial charge >= 0.3 is 9.05 Å². The van der Waals surface area contributed by atoms with Gasteiger partial charge in [-0.05, 0) is 0 Å². The van der Waals surface area contributed by atoms with Crippen LogP contribution in [0, 0.1) is 122 Å². The van der Waals surface area contributed by atoms with Crippen molar-refractivity contribution in [3.05, 3.63) is 0 Å². The van der Waals surface area contributed by atoms with Crippen molar-refractivity contribution in [3.8, 4) is 0 Å². The molecule has 0 amide bonds. The second-order valence-corrected chi connectivity index (χ2v) is 1.80. The van der Waals surface area contributed by atoms with Gasteiger partial charge < -0.3 is 19.2 Å². The topological polar surface area (TPSA) is 80.9 Å². The van der Waals surface area contributed by atoms with Crippen molar-refractivity contribution in [1.82, 2.24) is 0 Å². The fraction of sp³-hybridized carbons (Fsp3) is 0. The Kier molecular flexibility index (Phi) is 31.5. The molecule has 0 rings (SSSR count). The first-order valence-electron chi connectivity index (χ1n) is 0.894. The van der Waals surface area contributed by atoms with Crippen LogP contribution in [0.25, 0.3) is 0 Å². The molecule has 8 heteroatoms. The van der Waals surface area contributed by atoms with Crippen LogP contribution in [-0.2, 0) is 0 Å². The van der Waals surface area contributed by atoms with Gasteiger partial charge in [-0.15, -0.1) is 0 Å². The summed E-state index contributed by atoms with van der Waals surface area (Å²) in [6, 6.07) is 0. The van der Waals surface area contributed by atoms with E-state index in [0.29, 0.717) is 0 Å². The standard InChI is InChI=1S/Gd.La.H4O4Si.Yb/c;;1-5(2,3)4;/h;;1-4H;. The Bertz CT molecular complexity index is 31.5. The maximum Gasteiger partial charge on any atom is 0.668 e. The number of hydrogen-bond donors (Lipinski definition) is 4. The molecule has 0 aromatic carbocycles. The molecular formula is H4GdLaO4SiYb.